The first kappa shape index (κ1) is 13.1. The third-order valence-electron chi connectivity index (χ3n) is 3.73. The minimum atomic E-state index is -0.0285. The summed E-state index contributed by atoms with van der Waals surface area (Å²) >= 11 is 0. The second kappa shape index (κ2) is 5.57. The molecule has 0 atom stereocenters. The van der Waals surface area contributed by atoms with E-state index in [0.29, 0.717) is 23.3 Å². The molecule has 4 heteroatoms. The van der Waals surface area contributed by atoms with Gasteiger partial charge in [-0.25, -0.2) is 0 Å². The average molecular weight is 250 g/mol. The van der Waals surface area contributed by atoms with Crippen LogP contribution in [0.15, 0.2) is 10.5 Å². The van der Waals surface area contributed by atoms with E-state index in [4.69, 9.17) is 10.2 Å². The predicted octanol–water partition coefficient (Wildman–Crippen LogP) is 2.14. The largest absolute Gasteiger partial charge is 0.466 e. The van der Waals surface area contributed by atoms with Gasteiger partial charge in [-0.1, -0.05) is 0 Å². The van der Waals surface area contributed by atoms with Crippen molar-refractivity contribution in [2.24, 2.45) is 11.7 Å². The summed E-state index contributed by atoms with van der Waals surface area (Å²) in [5, 5.41) is 3.00. The number of hydrogen-bond donors (Lipinski definition) is 2. The number of rotatable bonds is 3. The van der Waals surface area contributed by atoms with Crippen molar-refractivity contribution in [1.82, 2.24) is 5.32 Å². The molecule has 0 saturated heterocycles. The Hall–Kier alpha value is -1.29. The van der Waals surface area contributed by atoms with Crippen LogP contribution in [-0.2, 0) is 0 Å². The summed E-state index contributed by atoms with van der Waals surface area (Å²) in [5.74, 6) is 2.01. The second-order valence-corrected chi connectivity index (χ2v) is 5.32. The fraction of sp³-hybridized carbons (Fsp3) is 0.643. The number of nitrogens with one attached hydrogen (secondary N) is 1. The van der Waals surface area contributed by atoms with Crippen LogP contribution in [0, 0.1) is 19.8 Å². The number of amides is 1. The summed E-state index contributed by atoms with van der Waals surface area (Å²) in [7, 11) is 0. The summed E-state index contributed by atoms with van der Waals surface area (Å²) in [6, 6.07) is 2.15. The number of aryl methyl sites for hydroxylation is 2. The topological polar surface area (TPSA) is 68.3 Å². The van der Waals surface area contributed by atoms with Crippen molar-refractivity contribution < 1.29 is 9.21 Å². The highest BCUT2D eigenvalue weighted by Gasteiger charge is 2.20. The van der Waals surface area contributed by atoms with Crippen molar-refractivity contribution in [3.8, 4) is 0 Å². The van der Waals surface area contributed by atoms with E-state index in [1.165, 1.54) is 0 Å². The standard InChI is InChI=1S/C14H22N2O2/c1-9-7-13(10(2)18-9)14(17)16-8-11-3-5-12(15)6-4-11/h7,11-12H,3-6,8,15H2,1-2H3,(H,16,17). The molecule has 0 aromatic carbocycles. The molecule has 1 amide bonds. The number of furan rings is 1. The Morgan fingerprint density at radius 1 is 1.39 bits per heavy atom. The van der Waals surface area contributed by atoms with Gasteiger partial charge in [0.1, 0.15) is 11.5 Å². The molecule has 1 aromatic rings. The SMILES string of the molecule is Cc1cc(C(=O)NCC2CCC(N)CC2)c(C)o1. The average Bonchev–Trinajstić information content (AvgIpc) is 2.67. The van der Waals surface area contributed by atoms with Crippen molar-refractivity contribution in [3.05, 3.63) is 23.2 Å². The van der Waals surface area contributed by atoms with Gasteiger partial charge in [0.25, 0.3) is 5.91 Å². The first-order chi connectivity index (χ1) is 8.56. The molecule has 0 radical (unpaired) electrons. The van der Waals surface area contributed by atoms with Crippen molar-refractivity contribution in [3.63, 3.8) is 0 Å². The maximum Gasteiger partial charge on any atom is 0.254 e. The predicted molar refractivity (Wildman–Crippen MR) is 70.4 cm³/mol. The molecule has 1 aromatic heterocycles. The Morgan fingerprint density at radius 2 is 2.06 bits per heavy atom. The van der Waals surface area contributed by atoms with Crippen LogP contribution in [0.3, 0.4) is 0 Å². The molecule has 0 spiro atoms. The van der Waals surface area contributed by atoms with Gasteiger partial charge in [-0.05, 0) is 51.5 Å². The van der Waals surface area contributed by atoms with E-state index in [1.807, 2.05) is 13.8 Å². The first-order valence-corrected chi connectivity index (χ1v) is 6.67. The van der Waals surface area contributed by atoms with Gasteiger partial charge in [-0.2, -0.15) is 0 Å². The van der Waals surface area contributed by atoms with Crippen molar-refractivity contribution in [2.75, 3.05) is 6.54 Å². The Morgan fingerprint density at radius 3 is 2.61 bits per heavy atom. The van der Waals surface area contributed by atoms with Gasteiger partial charge < -0.3 is 15.5 Å². The van der Waals surface area contributed by atoms with E-state index in [9.17, 15) is 4.79 Å². The molecule has 2 rings (SSSR count). The fourth-order valence-electron chi connectivity index (χ4n) is 2.58. The number of carbonyl (C=O) groups is 1. The van der Waals surface area contributed by atoms with E-state index in [-0.39, 0.29) is 5.91 Å². The molecule has 1 aliphatic carbocycles. The smallest absolute Gasteiger partial charge is 0.254 e. The molecule has 0 aliphatic heterocycles. The normalized spacial score (nSPS) is 23.9. The lowest BCUT2D eigenvalue weighted by atomic mass is 9.86. The van der Waals surface area contributed by atoms with Gasteiger partial charge in [-0.15, -0.1) is 0 Å². The summed E-state index contributed by atoms with van der Waals surface area (Å²) in [4.78, 5) is 12.0. The lowest BCUT2D eigenvalue weighted by Gasteiger charge is -2.26. The molecule has 1 aliphatic rings. The van der Waals surface area contributed by atoms with Crippen molar-refractivity contribution in [2.45, 2.75) is 45.6 Å². The monoisotopic (exact) mass is 250 g/mol. The van der Waals surface area contributed by atoms with Gasteiger partial charge in [0, 0.05) is 12.6 Å². The third kappa shape index (κ3) is 3.13. The number of nitrogens with two attached hydrogens (primary N) is 1. The Balaban J connectivity index is 1.83. The van der Waals surface area contributed by atoms with Gasteiger partial charge in [0.15, 0.2) is 0 Å². The minimum absolute atomic E-state index is 0.0285. The van der Waals surface area contributed by atoms with E-state index in [2.05, 4.69) is 5.32 Å². The summed E-state index contributed by atoms with van der Waals surface area (Å²) in [6.07, 6.45) is 4.38. The van der Waals surface area contributed by atoms with Crippen molar-refractivity contribution >= 4 is 5.91 Å². The minimum Gasteiger partial charge on any atom is -0.466 e. The van der Waals surface area contributed by atoms with Gasteiger partial charge >= 0.3 is 0 Å². The van der Waals surface area contributed by atoms with Crippen LogP contribution in [0.25, 0.3) is 0 Å². The molecule has 100 valence electrons. The van der Waals surface area contributed by atoms with E-state index in [0.717, 1.165) is 38.0 Å². The number of carbonyl (C=O) groups excluding carboxylic acids is 1. The Labute approximate surface area is 108 Å². The third-order valence-corrected chi connectivity index (χ3v) is 3.73. The van der Waals surface area contributed by atoms with Crippen LogP contribution < -0.4 is 11.1 Å². The maximum atomic E-state index is 12.0. The first-order valence-electron chi connectivity index (χ1n) is 6.67. The molecular weight excluding hydrogens is 228 g/mol. The lowest BCUT2D eigenvalue weighted by molar-refractivity contribution is 0.0941. The number of hydrogen-bond acceptors (Lipinski definition) is 3. The summed E-state index contributed by atoms with van der Waals surface area (Å²) in [5.41, 5.74) is 6.52. The molecule has 0 unspecified atom stereocenters. The molecule has 1 fully saturated rings. The van der Waals surface area contributed by atoms with Crippen molar-refractivity contribution in [1.29, 1.82) is 0 Å². The highest BCUT2D eigenvalue weighted by molar-refractivity contribution is 5.95. The van der Waals surface area contributed by atoms with E-state index < -0.39 is 0 Å². The zero-order valence-corrected chi connectivity index (χ0v) is 11.2. The van der Waals surface area contributed by atoms with Crippen LogP contribution in [0.1, 0.15) is 47.6 Å². The van der Waals surface area contributed by atoms with Gasteiger partial charge in [0.05, 0.1) is 5.56 Å². The van der Waals surface area contributed by atoms with E-state index >= 15 is 0 Å². The molecule has 4 nitrogen and oxygen atoms in total. The molecule has 18 heavy (non-hydrogen) atoms. The van der Waals surface area contributed by atoms with Crippen LogP contribution >= 0.6 is 0 Å². The quantitative estimate of drug-likeness (QED) is 0.863. The molecule has 1 saturated carbocycles. The maximum absolute atomic E-state index is 12.0. The Bertz CT molecular complexity index is 417. The second-order valence-electron chi connectivity index (χ2n) is 5.32. The van der Waals surface area contributed by atoms with Crippen LogP contribution in [0.5, 0.6) is 0 Å². The fourth-order valence-corrected chi connectivity index (χ4v) is 2.58. The van der Waals surface area contributed by atoms with Gasteiger partial charge in [0.2, 0.25) is 0 Å². The zero-order chi connectivity index (χ0) is 13.1. The molecular formula is C14H22N2O2. The highest BCUT2D eigenvalue weighted by atomic mass is 16.3. The van der Waals surface area contributed by atoms with Gasteiger partial charge in [-0.3, -0.25) is 4.79 Å². The lowest BCUT2D eigenvalue weighted by Crippen LogP contribution is -2.34. The summed E-state index contributed by atoms with van der Waals surface area (Å²) < 4.78 is 5.36. The van der Waals surface area contributed by atoms with E-state index in [1.54, 1.807) is 6.07 Å². The Kier molecular flexibility index (Phi) is 4.07. The molecule has 0 bridgehead atoms. The van der Waals surface area contributed by atoms with Crippen LogP contribution in [0.2, 0.25) is 0 Å². The summed E-state index contributed by atoms with van der Waals surface area (Å²) in [6.45, 7) is 4.42. The zero-order valence-electron chi connectivity index (χ0n) is 11.2. The molecule has 1 heterocycles. The molecule has 3 N–H and O–H groups in total. The van der Waals surface area contributed by atoms with Crippen LogP contribution in [0.4, 0.5) is 0 Å². The van der Waals surface area contributed by atoms with Crippen LogP contribution in [-0.4, -0.2) is 18.5 Å². The highest BCUT2D eigenvalue weighted by Crippen LogP contribution is 2.22.